The number of hydrogen-bond acceptors (Lipinski definition) is 1. The summed E-state index contributed by atoms with van der Waals surface area (Å²) < 4.78 is 6.81. The van der Waals surface area contributed by atoms with Gasteiger partial charge in [-0.2, -0.15) is 0 Å². The highest BCUT2D eigenvalue weighted by Crippen LogP contribution is 2.61. The zero-order chi connectivity index (χ0) is 15.3. The third-order valence-corrected chi connectivity index (χ3v) is 6.73. The molecule has 1 heteroatoms. The van der Waals surface area contributed by atoms with Crippen LogP contribution in [-0.2, 0) is 0 Å². The molecule has 4 aliphatic rings. The maximum Gasteiger partial charge on any atom is 0.120 e. The van der Waals surface area contributed by atoms with Gasteiger partial charge in [0.25, 0.3) is 0 Å². The van der Waals surface area contributed by atoms with E-state index in [0.717, 1.165) is 35.0 Å². The van der Waals surface area contributed by atoms with Crippen LogP contribution >= 0.6 is 0 Å². The van der Waals surface area contributed by atoms with Crippen molar-refractivity contribution < 1.29 is 4.74 Å². The molecular formula is C21H28O. The van der Waals surface area contributed by atoms with E-state index in [1.54, 1.807) is 0 Å². The molecule has 4 saturated carbocycles. The summed E-state index contributed by atoms with van der Waals surface area (Å²) in [6.45, 7) is 8.59. The summed E-state index contributed by atoms with van der Waals surface area (Å²) in [4.78, 5) is 0. The van der Waals surface area contributed by atoms with Crippen molar-refractivity contribution in [2.75, 3.05) is 0 Å². The standard InChI is InChI=1S/C21H28O/c1-4-15-5-7-20(8-6-15)22-21(14(2)3)18-10-16-9-17(12-18)13-19(21)11-16/h4-8,14,16-19H,1,9-13H2,2-3H3. The van der Waals surface area contributed by atoms with Gasteiger partial charge in [-0.05, 0) is 79.4 Å². The maximum absolute atomic E-state index is 6.81. The van der Waals surface area contributed by atoms with Crippen LogP contribution in [-0.4, -0.2) is 5.60 Å². The summed E-state index contributed by atoms with van der Waals surface area (Å²) in [6.07, 6.45) is 8.98. The second-order valence-electron chi connectivity index (χ2n) is 8.19. The van der Waals surface area contributed by atoms with Crippen LogP contribution in [0.1, 0.15) is 51.5 Å². The van der Waals surface area contributed by atoms with E-state index in [0.29, 0.717) is 5.92 Å². The third-order valence-electron chi connectivity index (χ3n) is 6.73. The van der Waals surface area contributed by atoms with Crippen molar-refractivity contribution in [2.24, 2.45) is 29.6 Å². The second-order valence-corrected chi connectivity index (χ2v) is 8.19. The molecule has 0 heterocycles. The molecule has 0 aromatic heterocycles. The monoisotopic (exact) mass is 296 g/mol. The first-order chi connectivity index (χ1) is 10.6. The highest BCUT2D eigenvalue weighted by molar-refractivity contribution is 5.48. The van der Waals surface area contributed by atoms with Crippen LogP contribution in [0.2, 0.25) is 0 Å². The van der Waals surface area contributed by atoms with Crippen LogP contribution in [0.3, 0.4) is 0 Å². The lowest BCUT2D eigenvalue weighted by molar-refractivity contribution is -0.179. The molecule has 0 amide bonds. The molecule has 118 valence electrons. The lowest BCUT2D eigenvalue weighted by Crippen LogP contribution is -2.63. The minimum absolute atomic E-state index is 0.0725. The van der Waals surface area contributed by atoms with Crippen LogP contribution in [0.4, 0.5) is 0 Å². The Morgan fingerprint density at radius 1 is 1.00 bits per heavy atom. The smallest absolute Gasteiger partial charge is 0.120 e. The molecule has 4 bridgehead atoms. The van der Waals surface area contributed by atoms with Gasteiger partial charge in [0.15, 0.2) is 0 Å². The Morgan fingerprint density at radius 2 is 1.55 bits per heavy atom. The van der Waals surface area contributed by atoms with Crippen molar-refractivity contribution >= 4 is 6.08 Å². The quantitative estimate of drug-likeness (QED) is 0.707. The second kappa shape index (κ2) is 5.15. The fourth-order valence-corrected chi connectivity index (χ4v) is 6.02. The highest BCUT2D eigenvalue weighted by atomic mass is 16.5. The van der Waals surface area contributed by atoms with E-state index < -0.39 is 0 Å². The van der Waals surface area contributed by atoms with Gasteiger partial charge in [0.2, 0.25) is 0 Å². The molecule has 0 spiro atoms. The van der Waals surface area contributed by atoms with Crippen molar-refractivity contribution in [1.82, 2.24) is 0 Å². The lowest BCUT2D eigenvalue weighted by atomic mass is 9.47. The van der Waals surface area contributed by atoms with Crippen LogP contribution in [0, 0.1) is 29.6 Å². The Morgan fingerprint density at radius 3 is 2.00 bits per heavy atom. The Bertz CT molecular complexity index is 526. The third kappa shape index (κ3) is 2.05. The molecule has 0 radical (unpaired) electrons. The minimum Gasteiger partial charge on any atom is -0.486 e. The zero-order valence-corrected chi connectivity index (χ0v) is 13.9. The van der Waals surface area contributed by atoms with Crippen molar-refractivity contribution in [3.05, 3.63) is 36.4 Å². The predicted molar refractivity (Wildman–Crippen MR) is 91.8 cm³/mol. The van der Waals surface area contributed by atoms with Gasteiger partial charge in [0.05, 0.1) is 0 Å². The van der Waals surface area contributed by atoms with Crippen molar-refractivity contribution in [2.45, 2.75) is 51.6 Å². The fourth-order valence-electron chi connectivity index (χ4n) is 6.02. The van der Waals surface area contributed by atoms with Crippen LogP contribution in [0.25, 0.3) is 6.08 Å². The molecule has 0 atom stereocenters. The van der Waals surface area contributed by atoms with Gasteiger partial charge >= 0.3 is 0 Å². The Labute approximate surface area is 134 Å². The number of hydrogen-bond donors (Lipinski definition) is 0. The molecule has 1 aromatic carbocycles. The summed E-state index contributed by atoms with van der Waals surface area (Å²) in [5.74, 6) is 5.14. The van der Waals surface area contributed by atoms with Gasteiger partial charge in [-0.25, -0.2) is 0 Å². The van der Waals surface area contributed by atoms with Gasteiger partial charge in [-0.15, -0.1) is 0 Å². The molecule has 1 nitrogen and oxygen atoms in total. The Hall–Kier alpha value is -1.24. The summed E-state index contributed by atoms with van der Waals surface area (Å²) in [5, 5.41) is 0. The molecular weight excluding hydrogens is 268 g/mol. The van der Waals surface area contributed by atoms with Crippen LogP contribution in [0.15, 0.2) is 30.8 Å². The van der Waals surface area contributed by atoms with E-state index in [1.165, 1.54) is 32.1 Å². The SMILES string of the molecule is C=Cc1ccc(OC2(C(C)C)C3CC4CC(C3)CC2C4)cc1. The van der Waals surface area contributed by atoms with Crippen LogP contribution < -0.4 is 4.74 Å². The average Bonchev–Trinajstić information content (AvgIpc) is 2.50. The van der Waals surface area contributed by atoms with E-state index in [1.807, 2.05) is 6.08 Å². The number of benzene rings is 1. The van der Waals surface area contributed by atoms with Crippen molar-refractivity contribution in [3.8, 4) is 5.75 Å². The van der Waals surface area contributed by atoms with E-state index >= 15 is 0 Å². The predicted octanol–water partition coefficient (Wildman–Crippen LogP) is 5.56. The summed E-state index contributed by atoms with van der Waals surface area (Å²) in [7, 11) is 0. The molecule has 0 aliphatic heterocycles. The first kappa shape index (κ1) is 14.4. The first-order valence-corrected chi connectivity index (χ1v) is 9.03. The largest absolute Gasteiger partial charge is 0.486 e. The van der Waals surface area contributed by atoms with E-state index in [2.05, 4.69) is 44.7 Å². The minimum atomic E-state index is 0.0725. The van der Waals surface area contributed by atoms with Crippen molar-refractivity contribution in [3.63, 3.8) is 0 Å². The zero-order valence-electron chi connectivity index (χ0n) is 13.9. The molecule has 0 unspecified atom stereocenters. The molecule has 4 aliphatic carbocycles. The maximum atomic E-state index is 6.81. The normalized spacial score (nSPS) is 39.2. The molecule has 4 fully saturated rings. The van der Waals surface area contributed by atoms with Gasteiger partial charge in [-0.1, -0.05) is 38.6 Å². The van der Waals surface area contributed by atoms with E-state index in [4.69, 9.17) is 4.74 Å². The molecule has 1 aromatic rings. The first-order valence-electron chi connectivity index (χ1n) is 9.03. The van der Waals surface area contributed by atoms with Gasteiger partial charge in [0, 0.05) is 0 Å². The summed E-state index contributed by atoms with van der Waals surface area (Å²) in [5.41, 5.74) is 1.24. The lowest BCUT2D eigenvalue weighted by Gasteiger charge is -2.62. The molecule has 0 saturated heterocycles. The fraction of sp³-hybridized carbons (Fsp3) is 0.619. The molecule has 0 N–H and O–H groups in total. The summed E-state index contributed by atoms with van der Waals surface area (Å²) in [6, 6.07) is 8.50. The number of ether oxygens (including phenoxy) is 1. The molecule has 22 heavy (non-hydrogen) atoms. The van der Waals surface area contributed by atoms with Crippen molar-refractivity contribution in [1.29, 1.82) is 0 Å². The van der Waals surface area contributed by atoms with Gasteiger partial charge in [-0.3, -0.25) is 0 Å². The Kier molecular flexibility index (Phi) is 3.36. The topological polar surface area (TPSA) is 9.23 Å². The average molecular weight is 296 g/mol. The van der Waals surface area contributed by atoms with Gasteiger partial charge in [0.1, 0.15) is 11.4 Å². The molecule has 5 rings (SSSR count). The van der Waals surface area contributed by atoms with E-state index in [-0.39, 0.29) is 5.60 Å². The Balaban J connectivity index is 1.66. The van der Waals surface area contributed by atoms with Gasteiger partial charge < -0.3 is 4.74 Å². The number of rotatable bonds is 4. The highest BCUT2D eigenvalue weighted by Gasteiger charge is 2.60. The van der Waals surface area contributed by atoms with Crippen LogP contribution in [0.5, 0.6) is 5.75 Å². The summed E-state index contributed by atoms with van der Waals surface area (Å²) >= 11 is 0. The van der Waals surface area contributed by atoms with E-state index in [9.17, 15) is 0 Å².